The van der Waals surface area contributed by atoms with E-state index in [0.717, 1.165) is 12.0 Å². The highest BCUT2D eigenvalue weighted by atomic mass is 16.1. The summed E-state index contributed by atoms with van der Waals surface area (Å²) in [5.74, 6) is 0.512. The molecule has 90 valence electrons. The van der Waals surface area contributed by atoms with Crippen LogP contribution < -0.4 is 5.32 Å². The Morgan fingerprint density at radius 2 is 1.56 bits per heavy atom. The molecule has 2 aromatic carbocycles. The Bertz CT molecular complexity index is 536. The third kappa shape index (κ3) is 2.28. The van der Waals surface area contributed by atoms with Crippen molar-refractivity contribution < 1.29 is 4.79 Å². The molecule has 0 saturated heterocycles. The fraction of sp³-hybridized carbons (Fsp3) is 0.188. The lowest BCUT2D eigenvalue weighted by atomic mass is 10.1. The van der Waals surface area contributed by atoms with Crippen molar-refractivity contribution >= 4 is 5.91 Å². The second kappa shape index (κ2) is 4.65. The molecule has 0 heterocycles. The summed E-state index contributed by atoms with van der Waals surface area (Å²) in [4.78, 5) is 12.0. The summed E-state index contributed by atoms with van der Waals surface area (Å²) < 4.78 is 0. The van der Waals surface area contributed by atoms with Crippen LogP contribution in [-0.4, -0.2) is 11.9 Å². The Hall–Kier alpha value is -2.09. The van der Waals surface area contributed by atoms with Crippen LogP contribution in [0.1, 0.15) is 28.3 Å². The van der Waals surface area contributed by atoms with Gasteiger partial charge in [0.05, 0.1) is 0 Å². The van der Waals surface area contributed by atoms with Crippen LogP contribution in [0.25, 0.3) is 0 Å². The number of hydrogen-bond donors (Lipinski definition) is 1. The summed E-state index contributed by atoms with van der Waals surface area (Å²) in [6, 6.07) is 20.0. The van der Waals surface area contributed by atoms with E-state index < -0.39 is 0 Å². The predicted octanol–water partition coefficient (Wildman–Crippen LogP) is 2.97. The molecule has 2 atom stereocenters. The van der Waals surface area contributed by atoms with E-state index in [0.29, 0.717) is 12.0 Å². The average Bonchev–Trinajstić information content (AvgIpc) is 3.20. The van der Waals surface area contributed by atoms with Crippen molar-refractivity contribution in [3.63, 3.8) is 0 Å². The minimum Gasteiger partial charge on any atom is -0.349 e. The van der Waals surface area contributed by atoms with Crippen LogP contribution >= 0.6 is 0 Å². The molecule has 18 heavy (non-hydrogen) atoms. The molecule has 1 aliphatic rings. The van der Waals surface area contributed by atoms with Gasteiger partial charge in [0.15, 0.2) is 0 Å². The molecule has 2 aromatic rings. The van der Waals surface area contributed by atoms with Crippen molar-refractivity contribution in [3.05, 3.63) is 71.8 Å². The quantitative estimate of drug-likeness (QED) is 0.873. The third-order valence-corrected chi connectivity index (χ3v) is 3.37. The van der Waals surface area contributed by atoms with Crippen molar-refractivity contribution in [2.45, 2.75) is 18.4 Å². The Morgan fingerprint density at radius 3 is 2.22 bits per heavy atom. The smallest absolute Gasteiger partial charge is 0.251 e. The molecule has 0 spiro atoms. The molecule has 1 N–H and O–H groups in total. The molecular weight excluding hydrogens is 222 g/mol. The molecule has 1 saturated carbocycles. The fourth-order valence-corrected chi connectivity index (χ4v) is 2.26. The highest BCUT2D eigenvalue weighted by Gasteiger charge is 2.39. The zero-order valence-electron chi connectivity index (χ0n) is 10.0. The Kier molecular flexibility index (Phi) is 2.85. The maximum Gasteiger partial charge on any atom is 0.251 e. The minimum atomic E-state index is 0.0269. The molecular formula is C16H15NO. The van der Waals surface area contributed by atoms with Crippen LogP contribution in [0.5, 0.6) is 0 Å². The van der Waals surface area contributed by atoms with Gasteiger partial charge in [-0.1, -0.05) is 48.5 Å². The molecule has 3 rings (SSSR count). The van der Waals surface area contributed by atoms with E-state index in [-0.39, 0.29) is 5.91 Å². The third-order valence-electron chi connectivity index (χ3n) is 3.37. The minimum absolute atomic E-state index is 0.0269. The first-order valence-electron chi connectivity index (χ1n) is 6.25. The SMILES string of the molecule is O=C(N[C@H]1C[C@H]1c1ccccc1)c1ccccc1. The van der Waals surface area contributed by atoms with Crippen molar-refractivity contribution in [1.82, 2.24) is 5.32 Å². The molecule has 0 radical (unpaired) electrons. The van der Waals surface area contributed by atoms with Gasteiger partial charge in [-0.15, -0.1) is 0 Å². The Morgan fingerprint density at radius 1 is 0.944 bits per heavy atom. The number of benzene rings is 2. The summed E-state index contributed by atoms with van der Waals surface area (Å²) in [6.45, 7) is 0. The van der Waals surface area contributed by atoms with Gasteiger partial charge in [-0.05, 0) is 24.1 Å². The first kappa shape index (κ1) is 11.0. The van der Waals surface area contributed by atoms with Gasteiger partial charge in [-0.25, -0.2) is 0 Å². The van der Waals surface area contributed by atoms with Crippen LogP contribution in [-0.2, 0) is 0 Å². The average molecular weight is 237 g/mol. The number of carbonyl (C=O) groups excluding carboxylic acids is 1. The normalized spacial score (nSPS) is 21.3. The first-order valence-corrected chi connectivity index (χ1v) is 6.25. The molecule has 1 fully saturated rings. The van der Waals surface area contributed by atoms with Crippen LogP contribution in [0, 0.1) is 0 Å². The maximum absolute atomic E-state index is 12.0. The molecule has 1 aliphatic carbocycles. The van der Waals surface area contributed by atoms with Crippen molar-refractivity contribution in [2.75, 3.05) is 0 Å². The predicted molar refractivity (Wildman–Crippen MR) is 71.5 cm³/mol. The van der Waals surface area contributed by atoms with Gasteiger partial charge >= 0.3 is 0 Å². The van der Waals surface area contributed by atoms with E-state index >= 15 is 0 Å². The molecule has 0 unspecified atom stereocenters. The van der Waals surface area contributed by atoms with Gasteiger partial charge in [0, 0.05) is 17.5 Å². The van der Waals surface area contributed by atoms with Gasteiger partial charge in [0.25, 0.3) is 5.91 Å². The molecule has 2 nitrogen and oxygen atoms in total. The van der Waals surface area contributed by atoms with Crippen LogP contribution in [0.2, 0.25) is 0 Å². The Balaban J connectivity index is 1.62. The van der Waals surface area contributed by atoms with Gasteiger partial charge in [-0.2, -0.15) is 0 Å². The summed E-state index contributed by atoms with van der Waals surface area (Å²) in [7, 11) is 0. The molecule has 1 amide bonds. The number of rotatable bonds is 3. The highest BCUT2D eigenvalue weighted by molar-refractivity contribution is 5.94. The summed E-state index contributed by atoms with van der Waals surface area (Å²) in [5, 5.41) is 3.08. The largest absolute Gasteiger partial charge is 0.349 e. The fourth-order valence-electron chi connectivity index (χ4n) is 2.26. The van der Waals surface area contributed by atoms with Crippen molar-refractivity contribution in [1.29, 1.82) is 0 Å². The maximum atomic E-state index is 12.0. The van der Waals surface area contributed by atoms with Gasteiger partial charge in [-0.3, -0.25) is 4.79 Å². The second-order valence-electron chi connectivity index (χ2n) is 4.70. The lowest BCUT2D eigenvalue weighted by Gasteiger charge is -2.04. The summed E-state index contributed by atoms with van der Waals surface area (Å²) >= 11 is 0. The number of carbonyl (C=O) groups is 1. The summed E-state index contributed by atoms with van der Waals surface area (Å²) in [5.41, 5.74) is 2.05. The second-order valence-corrected chi connectivity index (χ2v) is 4.70. The lowest BCUT2D eigenvalue weighted by Crippen LogP contribution is -2.26. The topological polar surface area (TPSA) is 29.1 Å². The molecule has 0 aromatic heterocycles. The van der Waals surface area contributed by atoms with E-state index in [1.807, 2.05) is 48.5 Å². The van der Waals surface area contributed by atoms with E-state index in [9.17, 15) is 4.79 Å². The molecule has 2 heteroatoms. The van der Waals surface area contributed by atoms with Crippen LogP contribution in [0.3, 0.4) is 0 Å². The first-order chi connectivity index (χ1) is 8.84. The number of amides is 1. The molecule has 0 aliphatic heterocycles. The van der Waals surface area contributed by atoms with Gasteiger partial charge in [0.1, 0.15) is 0 Å². The standard InChI is InChI=1S/C16H15NO/c18-16(13-9-5-2-6-10-13)17-15-11-14(15)12-7-3-1-4-8-12/h1-10,14-15H,11H2,(H,17,18)/t14-,15-/m0/s1. The van der Waals surface area contributed by atoms with E-state index in [1.54, 1.807) is 0 Å². The van der Waals surface area contributed by atoms with Gasteiger partial charge < -0.3 is 5.32 Å². The summed E-state index contributed by atoms with van der Waals surface area (Å²) in [6.07, 6.45) is 1.04. The highest BCUT2D eigenvalue weighted by Crippen LogP contribution is 2.40. The number of hydrogen-bond acceptors (Lipinski definition) is 1. The van der Waals surface area contributed by atoms with Crippen molar-refractivity contribution in [2.24, 2.45) is 0 Å². The lowest BCUT2D eigenvalue weighted by molar-refractivity contribution is 0.0950. The Labute approximate surface area is 107 Å². The monoisotopic (exact) mass is 237 g/mol. The van der Waals surface area contributed by atoms with Crippen molar-refractivity contribution in [3.8, 4) is 0 Å². The number of nitrogens with one attached hydrogen (secondary N) is 1. The zero-order valence-corrected chi connectivity index (χ0v) is 10.0. The van der Waals surface area contributed by atoms with E-state index in [4.69, 9.17) is 0 Å². The van der Waals surface area contributed by atoms with Gasteiger partial charge in [0.2, 0.25) is 0 Å². The van der Waals surface area contributed by atoms with E-state index in [2.05, 4.69) is 17.4 Å². The molecule has 0 bridgehead atoms. The zero-order chi connectivity index (χ0) is 12.4. The van der Waals surface area contributed by atoms with Crippen LogP contribution in [0.4, 0.5) is 0 Å². The van der Waals surface area contributed by atoms with E-state index in [1.165, 1.54) is 5.56 Å². The van der Waals surface area contributed by atoms with Crippen LogP contribution in [0.15, 0.2) is 60.7 Å².